The first-order valence-corrected chi connectivity index (χ1v) is 22.6. The monoisotopic (exact) mass is 817 g/mol. The maximum atomic E-state index is 12.5. The predicted octanol–water partition coefficient (Wildman–Crippen LogP) is 6.83. The summed E-state index contributed by atoms with van der Waals surface area (Å²) in [6.45, 7) is 9.31. The van der Waals surface area contributed by atoms with Crippen molar-refractivity contribution >= 4 is 6.29 Å². The van der Waals surface area contributed by atoms with Crippen molar-refractivity contribution in [2.45, 2.75) is 140 Å². The van der Waals surface area contributed by atoms with Gasteiger partial charge in [-0.15, -0.1) is 0 Å². The Kier molecular flexibility index (Phi) is 17.5. The van der Waals surface area contributed by atoms with E-state index in [-0.39, 0.29) is 36.5 Å². The van der Waals surface area contributed by atoms with E-state index in [9.17, 15) is 30.3 Å². The van der Waals surface area contributed by atoms with Gasteiger partial charge in [-0.25, -0.2) is 0 Å². The molecule has 59 heavy (non-hydrogen) atoms. The van der Waals surface area contributed by atoms with Crippen molar-refractivity contribution < 1.29 is 35.1 Å². The molecule has 1 aliphatic heterocycles. The van der Waals surface area contributed by atoms with E-state index in [2.05, 4.69) is 47.6 Å². The summed E-state index contributed by atoms with van der Waals surface area (Å²) in [4.78, 5) is 12.1. The molecule has 0 radical (unpaired) electrons. The van der Waals surface area contributed by atoms with Crippen molar-refractivity contribution in [3.8, 4) is 0 Å². The Balaban J connectivity index is 1.41. The lowest BCUT2D eigenvalue weighted by Crippen LogP contribution is -2.61. The Morgan fingerprint density at radius 1 is 1.08 bits per heavy atom. The molecule has 1 spiro atoms. The lowest BCUT2D eigenvalue weighted by Gasteiger charge is -2.57. The van der Waals surface area contributed by atoms with Gasteiger partial charge in [0, 0.05) is 37.2 Å². The fourth-order valence-corrected chi connectivity index (χ4v) is 11.7. The second-order valence-electron chi connectivity index (χ2n) is 18.5. The van der Waals surface area contributed by atoms with Crippen LogP contribution in [0.4, 0.5) is 0 Å². The lowest BCUT2D eigenvalue weighted by molar-refractivity contribution is -0.180. The van der Waals surface area contributed by atoms with Gasteiger partial charge in [0.15, 0.2) is 0 Å². The zero-order chi connectivity index (χ0) is 42.6. The van der Waals surface area contributed by atoms with Crippen LogP contribution in [-0.2, 0) is 22.4 Å². The van der Waals surface area contributed by atoms with Gasteiger partial charge in [0.2, 0.25) is 0 Å². The second-order valence-corrected chi connectivity index (χ2v) is 18.5. The molecule has 1 heterocycles. The molecule has 2 bridgehead atoms. The van der Waals surface area contributed by atoms with E-state index in [1.807, 2.05) is 39.1 Å². The number of hydrogen-bond acceptors (Lipinski definition) is 9. The van der Waals surface area contributed by atoms with Crippen molar-refractivity contribution in [2.75, 3.05) is 40.5 Å². The van der Waals surface area contributed by atoms with Gasteiger partial charge in [-0.3, -0.25) is 10.1 Å². The average molecular weight is 817 g/mol. The molecular formula is C50H76N2O7. The third kappa shape index (κ3) is 10.7. The van der Waals surface area contributed by atoms with Gasteiger partial charge in [-0.05, 0) is 157 Å². The molecule has 1 aromatic carbocycles. The van der Waals surface area contributed by atoms with Crippen LogP contribution in [0.25, 0.3) is 0 Å². The topological polar surface area (TPSA) is 152 Å². The van der Waals surface area contributed by atoms with Gasteiger partial charge < -0.3 is 35.6 Å². The summed E-state index contributed by atoms with van der Waals surface area (Å²) in [5.41, 5.74) is 4.24. The van der Waals surface area contributed by atoms with E-state index in [0.717, 1.165) is 55.1 Å². The molecule has 3 aliphatic carbocycles. The summed E-state index contributed by atoms with van der Waals surface area (Å²) in [5.74, 6) is -0.148. The van der Waals surface area contributed by atoms with Gasteiger partial charge in [0.05, 0.1) is 18.3 Å². The first kappa shape index (κ1) is 47.3. The highest BCUT2D eigenvalue weighted by Crippen LogP contribution is 2.64. The van der Waals surface area contributed by atoms with Crippen LogP contribution in [0.3, 0.4) is 0 Å². The number of carbonyl (C=O) groups excluding carboxylic acids is 1. The molecule has 3 saturated carbocycles. The van der Waals surface area contributed by atoms with Gasteiger partial charge in [-0.1, -0.05) is 85.6 Å². The maximum absolute atomic E-state index is 12.5. The van der Waals surface area contributed by atoms with E-state index in [1.165, 1.54) is 30.4 Å². The van der Waals surface area contributed by atoms with Crippen molar-refractivity contribution in [3.63, 3.8) is 0 Å². The van der Waals surface area contributed by atoms with Crippen molar-refractivity contribution in [2.24, 2.45) is 29.1 Å². The van der Waals surface area contributed by atoms with Gasteiger partial charge >= 0.3 is 0 Å². The molecule has 8 atom stereocenters. The fourth-order valence-electron chi connectivity index (χ4n) is 11.7. The number of allylic oxidation sites excluding steroid dienone is 7. The second kappa shape index (κ2) is 21.9. The highest BCUT2D eigenvalue weighted by atomic mass is 16.5. The third-order valence-corrected chi connectivity index (χ3v) is 15.1. The van der Waals surface area contributed by atoms with Gasteiger partial charge in [-0.2, -0.15) is 0 Å². The number of rotatable bonds is 16. The summed E-state index contributed by atoms with van der Waals surface area (Å²) in [6, 6.07) is 8.90. The van der Waals surface area contributed by atoms with Crippen LogP contribution in [0.2, 0.25) is 0 Å². The Morgan fingerprint density at radius 3 is 2.54 bits per heavy atom. The first-order valence-electron chi connectivity index (χ1n) is 22.6. The Hall–Kier alpha value is -2.73. The number of methoxy groups -OCH3 is 1. The molecular weight excluding hydrogens is 741 g/mol. The molecule has 7 N–H and O–H groups in total. The summed E-state index contributed by atoms with van der Waals surface area (Å²) in [7, 11) is 3.61. The predicted molar refractivity (Wildman–Crippen MR) is 237 cm³/mol. The van der Waals surface area contributed by atoms with Gasteiger partial charge in [0.25, 0.3) is 0 Å². The normalized spacial score (nSPS) is 33.4. The molecule has 0 aromatic heterocycles. The molecule has 5 rings (SSSR count). The Labute approximate surface area is 354 Å². The molecule has 328 valence electrons. The maximum Gasteiger partial charge on any atom is 0.145 e. The molecule has 1 aromatic rings. The highest BCUT2D eigenvalue weighted by Gasteiger charge is 2.65. The van der Waals surface area contributed by atoms with Crippen LogP contribution in [0.15, 0.2) is 83.0 Å². The number of ether oxygens (including phenoxy) is 1. The fraction of sp³-hybridized carbons (Fsp3) is 0.660. The van der Waals surface area contributed by atoms with E-state index in [4.69, 9.17) is 4.74 Å². The minimum Gasteiger partial charge on any atom is -0.396 e. The largest absolute Gasteiger partial charge is 0.396 e. The molecule has 4 aliphatic rings. The van der Waals surface area contributed by atoms with Crippen LogP contribution in [0.5, 0.6) is 0 Å². The molecule has 8 unspecified atom stereocenters. The number of fused-ring (bicyclic) bond motifs is 2. The number of aliphatic hydroxyl groups excluding tert-OH is 4. The molecule has 3 fully saturated rings. The number of hydrogen-bond donors (Lipinski definition) is 7. The zero-order valence-corrected chi connectivity index (χ0v) is 36.6. The van der Waals surface area contributed by atoms with E-state index < -0.39 is 23.3 Å². The van der Waals surface area contributed by atoms with Crippen LogP contribution >= 0.6 is 0 Å². The van der Waals surface area contributed by atoms with Crippen LogP contribution in [0, 0.1) is 29.1 Å². The lowest BCUT2D eigenvalue weighted by atomic mass is 9.51. The molecule has 9 heteroatoms. The molecule has 0 amide bonds. The molecule has 9 nitrogen and oxygen atoms in total. The average Bonchev–Trinajstić information content (AvgIpc) is 3.59. The number of benzene rings is 1. The summed E-state index contributed by atoms with van der Waals surface area (Å²) in [5, 5.41) is 64.4. The standard InChI is InChI=1S/C50H76N2O7/c1-35(40-20-19-36(2)47(57)52-48(26-29-59-5,42-16-7-6-8-17-42)32-39-14-10-13-38(30-39)31-40)12-9-15-41(34-55)44-22-24-50(46(44)56)45(18-11-28-53)43(37(3)33-54)21-23-49(50,58)25-27-51-4/h9-10,12-15,19,30,33,40,42,44-47,51-53,55-58H,1,6-8,11,16-18,20-29,31-32,34H2,2-5H3. The van der Waals surface area contributed by atoms with Crippen LogP contribution in [0.1, 0.15) is 115 Å². The van der Waals surface area contributed by atoms with Crippen LogP contribution in [-0.4, -0.2) is 95.8 Å². The number of aliphatic hydroxyl groups is 5. The van der Waals surface area contributed by atoms with E-state index in [1.54, 1.807) is 7.11 Å². The summed E-state index contributed by atoms with van der Waals surface area (Å²) < 4.78 is 5.64. The van der Waals surface area contributed by atoms with Crippen LogP contribution < -0.4 is 10.6 Å². The third-order valence-electron chi connectivity index (χ3n) is 15.1. The van der Waals surface area contributed by atoms with Crippen molar-refractivity contribution in [3.05, 3.63) is 94.1 Å². The number of aldehydes is 1. The van der Waals surface area contributed by atoms with Gasteiger partial charge in [0.1, 0.15) is 12.5 Å². The van der Waals surface area contributed by atoms with E-state index in [0.29, 0.717) is 81.6 Å². The zero-order valence-electron chi connectivity index (χ0n) is 36.6. The highest BCUT2D eigenvalue weighted by molar-refractivity contribution is 5.74. The van der Waals surface area contributed by atoms with Crippen molar-refractivity contribution in [1.29, 1.82) is 0 Å². The smallest absolute Gasteiger partial charge is 0.145 e. The van der Waals surface area contributed by atoms with Crippen molar-refractivity contribution in [1.82, 2.24) is 10.6 Å². The Bertz CT molecular complexity index is 1680. The summed E-state index contributed by atoms with van der Waals surface area (Å²) in [6.07, 6.45) is 19.9. The number of carbonyl (C=O) groups is 1. The van der Waals surface area contributed by atoms with E-state index >= 15 is 0 Å². The number of nitrogens with one attached hydrogen (secondary N) is 2. The minimum absolute atomic E-state index is 0.0137. The SMILES string of the molecule is C=C(C=CC=C(CO)C1CCC2(C(CCCO)C(=C(C)C=O)CCC2(O)CCNC)C1O)C1CC=C(C)C(O)NC(CCOC)(C2CCCCC2)Cc2cccc(c2)C1. The Morgan fingerprint density at radius 2 is 1.85 bits per heavy atom. The molecule has 0 saturated heterocycles. The quantitative estimate of drug-likeness (QED) is 0.0413. The minimum atomic E-state index is -1.19. The first-order chi connectivity index (χ1) is 28.4. The summed E-state index contributed by atoms with van der Waals surface area (Å²) >= 11 is 0.